The molecule has 0 aliphatic rings. The van der Waals surface area contributed by atoms with Crippen LogP contribution >= 0.6 is 11.3 Å². The van der Waals surface area contributed by atoms with Crippen molar-refractivity contribution in [2.24, 2.45) is 0 Å². The molecule has 1 N–H and O–H groups in total. The van der Waals surface area contributed by atoms with Gasteiger partial charge in [0.2, 0.25) is 0 Å². The van der Waals surface area contributed by atoms with E-state index in [1.165, 1.54) is 0 Å². The van der Waals surface area contributed by atoms with Gasteiger partial charge in [-0.1, -0.05) is 11.3 Å². The highest BCUT2D eigenvalue weighted by atomic mass is 32.1. The van der Waals surface area contributed by atoms with Gasteiger partial charge in [-0.2, -0.15) is 0 Å². The molecule has 0 aliphatic heterocycles. The number of rotatable bonds is 1. The van der Waals surface area contributed by atoms with E-state index in [9.17, 15) is 0 Å². The third-order valence-electron chi connectivity index (χ3n) is 1.61. The Balaban J connectivity index is 2.67. The second-order valence-corrected chi connectivity index (χ2v) is 3.52. The summed E-state index contributed by atoms with van der Waals surface area (Å²) in [5.41, 5.74) is 2.00. The molecule has 2 rings (SSSR count). The van der Waals surface area contributed by atoms with Gasteiger partial charge in [0.25, 0.3) is 0 Å². The quantitative estimate of drug-likeness (QED) is 0.728. The van der Waals surface area contributed by atoms with E-state index >= 15 is 0 Å². The van der Waals surface area contributed by atoms with Gasteiger partial charge in [-0.25, -0.2) is 9.97 Å². The predicted octanol–water partition coefficient (Wildman–Crippen LogP) is 2.04. The van der Waals surface area contributed by atoms with E-state index in [0.717, 1.165) is 21.2 Å². The van der Waals surface area contributed by atoms with Crippen molar-refractivity contribution in [1.82, 2.24) is 9.97 Å². The average Bonchev–Trinajstić information content (AvgIpc) is 2.46. The number of hydrogen-bond acceptors (Lipinski definition) is 4. The molecule has 0 aliphatic carbocycles. The summed E-state index contributed by atoms with van der Waals surface area (Å²) in [6.45, 7) is 1.98. The molecule has 0 fully saturated rings. The molecule has 62 valence electrons. The smallest absolute Gasteiger partial charge is 0.185 e. The van der Waals surface area contributed by atoms with Gasteiger partial charge < -0.3 is 5.32 Å². The van der Waals surface area contributed by atoms with Gasteiger partial charge in [0.15, 0.2) is 5.13 Å². The summed E-state index contributed by atoms with van der Waals surface area (Å²) < 4.78 is 0. The first-order valence-corrected chi connectivity index (χ1v) is 4.53. The zero-order valence-electron chi connectivity index (χ0n) is 6.96. The van der Waals surface area contributed by atoms with Crippen molar-refractivity contribution in [3.8, 4) is 0 Å². The summed E-state index contributed by atoms with van der Waals surface area (Å²) in [5, 5.41) is 3.92. The summed E-state index contributed by atoms with van der Waals surface area (Å²) in [4.78, 5) is 9.68. The highest BCUT2D eigenvalue weighted by Gasteiger charge is 2.02. The Hall–Kier alpha value is -1.16. The summed E-state index contributed by atoms with van der Waals surface area (Å²) >= 11 is 1.58. The minimum absolute atomic E-state index is 0.920. The number of pyridine rings is 1. The molecule has 0 unspecified atom stereocenters. The van der Waals surface area contributed by atoms with E-state index in [0.29, 0.717) is 0 Å². The Bertz CT molecular complexity index is 408. The predicted molar refractivity (Wildman–Crippen MR) is 51.7 cm³/mol. The fraction of sp³-hybridized carbons (Fsp3) is 0.250. The Kier molecular flexibility index (Phi) is 1.69. The van der Waals surface area contributed by atoms with Crippen molar-refractivity contribution < 1.29 is 0 Å². The third-order valence-corrected chi connectivity index (χ3v) is 2.59. The Morgan fingerprint density at radius 3 is 2.92 bits per heavy atom. The Morgan fingerprint density at radius 1 is 1.33 bits per heavy atom. The average molecular weight is 179 g/mol. The summed E-state index contributed by atoms with van der Waals surface area (Å²) in [6, 6.07) is 3.97. The van der Waals surface area contributed by atoms with Gasteiger partial charge >= 0.3 is 0 Å². The van der Waals surface area contributed by atoms with Crippen LogP contribution in [-0.4, -0.2) is 17.0 Å². The van der Waals surface area contributed by atoms with Crippen molar-refractivity contribution in [1.29, 1.82) is 0 Å². The molecule has 12 heavy (non-hydrogen) atoms. The molecule has 2 aromatic heterocycles. The van der Waals surface area contributed by atoms with Gasteiger partial charge in [0, 0.05) is 12.7 Å². The SMILES string of the molecule is CNc1nc2ccc(C)nc2s1. The number of fused-ring (bicyclic) bond motifs is 1. The zero-order chi connectivity index (χ0) is 8.55. The molecule has 0 radical (unpaired) electrons. The van der Waals surface area contributed by atoms with E-state index in [2.05, 4.69) is 15.3 Å². The van der Waals surface area contributed by atoms with Crippen LogP contribution in [0.2, 0.25) is 0 Å². The standard InChI is InChI=1S/C8H9N3S/c1-5-3-4-6-7(10-5)12-8(9-2)11-6/h3-4H,1-2H3,(H,9,11). The minimum Gasteiger partial charge on any atom is -0.365 e. The summed E-state index contributed by atoms with van der Waals surface area (Å²) in [7, 11) is 1.87. The van der Waals surface area contributed by atoms with Gasteiger partial charge in [-0.15, -0.1) is 0 Å². The van der Waals surface area contributed by atoms with E-state index < -0.39 is 0 Å². The van der Waals surface area contributed by atoms with Crippen LogP contribution in [0.25, 0.3) is 10.3 Å². The largest absolute Gasteiger partial charge is 0.365 e. The summed E-state index contributed by atoms with van der Waals surface area (Å²) in [6.07, 6.45) is 0. The van der Waals surface area contributed by atoms with Crippen molar-refractivity contribution >= 4 is 26.8 Å². The van der Waals surface area contributed by atoms with Crippen LogP contribution in [-0.2, 0) is 0 Å². The van der Waals surface area contributed by atoms with Crippen LogP contribution in [0.1, 0.15) is 5.69 Å². The van der Waals surface area contributed by atoms with E-state index in [-0.39, 0.29) is 0 Å². The van der Waals surface area contributed by atoms with E-state index in [1.54, 1.807) is 11.3 Å². The van der Waals surface area contributed by atoms with E-state index in [4.69, 9.17) is 0 Å². The number of hydrogen-bond donors (Lipinski definition) is 1. The highest BCUT2D eigenvalue weighted by Crippen LogP contribution is 2.23. The van der Waals surface area contributed by atoms with Gasteiger partial charge in [0.1, 0.15) is 10.3 Å². The van der Waals surface area contributed by atoms with Gasteiger partial charge in [0.05, 0.1) is 0 Å². The van der Waals surface area contributed by atoms with Crippen LogP contribution < -0.4 is 5.32 Å². The topological polar surface area (TPSA) is 37.8 Å². The molecule has 0 saturated carbocycles. The molecule has 0 saturated heterocycles. The lowest BCUT2D eigenvalue weighted by Crippen LogP contribution is -1.83. The maximum Gasteiger partial charge on any atom is 0.185 e. The maximum absolute atomic E-state index is 4.36. The number of nitrogens with one attached hydrogen (secondary N) is 1. The lowest BCUT2D eigenvalue weighted by molar-refractivity contribution is 1.26. The monoisotopic (exact) mass is 179 g/mol. The van der Waals surface area contributed by atoms with Crippen LogP contribution in [0, 0.1) is 6.92 Å². The molecule has 0 spiro atoms. The Morgan fingerprint density at radius 2 is 2.17 bits per heavy atom. The molecular formula is C8H9N3S. The molecule has 2 aromatic rings. The fourth-order valence-electron chi connectivity index (χ4n) is 1.02. The fourth-order valence-corrected chi connectivity index (χ4v) is 1.85. The van der Waals surface area contributed by atoms with Crippen molar-refractivity contribution in [3.05, 3.63) is 17.8 Å². The lowest BCUT2D eigenvalue weighted by atomic mass is 10.4. The van der Waals surface area contributed by atoms with Crippen LogP contribution in [0.5, 0.6) is 0 Å². The second-order valence-electron chi connectivity index (χ2n) is 2.55. The molecule has 4 heteroatoms. The Labute approximate surface area is 74.5 Å². The first-order valence-electron chi connectivity index (χ1n) is 3.71. The van der Waals surface area contributed by atoms with Crippen LogP contribution in [0.15, 0.2) is 12.1 Å². The van der Waals surface area contributed by atoms with Gasteiger partial charge in [-0.05, 0) is 19.1 Å². The minimum atomic E-state index is 0.920. The second kappa shape index (κ2) is 2.71. The number of thiazole rings is 1. The normalized spacial score (nSPS) is 10.5. The van der Waals surface area contributed by atoms with Crippen molar-refractivity contribution in [2.45, 2.75) is 6.92 Å². The van der Waals surface area contributed by atoms with Crippen LogP contribution in [0.4, 0.5) is 5.13 Å². The number of aromatic nitrogens is 2. The maximum atomic E-state index is 4.36. The molecular weight excluding hydrogens is 170 g/mol. The number of nitrogens with zero attached hydrogens (tertiary/aromatic N) is 2. The van der Waals surface area contributed by atoms with Gasteiger partial charge in [-0.3, -0.25) is 0 Å². The van der Waals surface area contributed by atoms with Crippen molar-refractivity contribution in [3.63, 3.8) is 0 Å². The third kappa shape index (κ3) is 1.14. The molecule has 0 bridgehead atoms. The molecule has 0 amide bonds. The molecule has 2 heterocycles. The molecule has 0 atom stereocenters. The van der Waals surface area contributed by atoms with Crippen molar-refractivity contribution in [2.75, 3.05) is 12.4 Å². The number of anilines is 1. The number of aryl methyl sites for hydroxylation is 1. The zero-order valence-corrected chi connectivity index (χ0v) is 7.77. The summed E-state index contributed by atoms with van der Waals surface area (Å²) in [5.74, 6) is 0. The van der Waals surface area contributed by atoms with Crippen LogP contribution in [0.3, 0.4) is 0 Å². The lowest BCUT2D eigenvalue weighted by Gasteiger charge is -1.87. The van der Waals surface area contributed by atoms with E-state index in [1.807, 2.05) is 26.1 Å². The highest BCUT2D eigenvalue weighted by molar-refractivity contribution is 7.21. The molecule has 0 aromatic carbocycles. The first-order chi connectivity index (χ1) is 5.79. The first kappa shape index (κ1) is 7.49. The molecule has 3 nitrogen and oxygen atoms in total.